The van der Waals surface area contributed by atoms with E-state index in [0.717, 1.165) is 5.71 Å². The van der Waals surface area contributed by atoms with Crippen LogP contribution in [0.15, 0.2) is 17.3 Å². The van der Waals surface area contributed by atoms with Crippen molar-refractivity contribution in [2.24, 2.45) is 5.10 Å². The highest BCUT2D eigenvalue weighted by molar-refractivity contribution is 5.93. The maximum atomic E-state index is 4.06. The summed E-state index contributed by atoms with van der Waals surface area (Å²) in [6.07, 6.45) is 4.13. The minimum Gasteiger partial charge on any atom is -0.300 e. The van der Waals surface area contributed by atoms with Gasteiger partial charge in [-0.25, -0.2) is 0 Å². The lowest BCUT2D eigenvalue weighted by Crippen LogP contribution is -2.35. The molecule has 0 saturated heterocycles. The topological polar surface area (TPSA) is 24.4 Å². The first-order valence-electron chi connectivity index (χ1n) is 5.11. The Kier molecular flexibility index (Phi) is 8.87. The smallest absolute Gasteiger partial charge is 0.0675 e. The fourth-order valence-corrected chi connectivity index (χ4v) is 0.636. The third kappa shape index (κ3) is 7.57. The Morgan fingerprint density at radius 2 is 1.62 bits per heavy atom. The number of nitrogens with zero attached hydrogens (tertiary/aromatic N) is 1. The molecule has 0 aromatic carbocycles. The van der Waals surface area contributed by atoms with Crippen LogP contribution in [-0.4, -0.2) is 11.3 Å². The van der Waals surface area contributed by atoms with E-state index in [2.05, 4.69) is 30.5 Å². The van der Waals surface area contributed by atoms with Crippen molar-refractivity contribution in [3.05, 3.63) is 12.2 Å². The minimum atomic E-state index is 0.0412. The van der Waals surface area contributed by atoms with Crippen LogP contribution < -0.4 is 5.43 Å². The molecule has 1 aliphatic rings. The molecule has 0 aromatic rings. The van der Waals surface area contributed by atoms with Crippen molar-refractivity contribution in [2.75, 3.05) is 0 Å². The van der Waals surface area contributed by atoms with Gasteiger partial charge in [-0.3, -0.25) is 0 Å². The molecule has 2 nitrogen and oxygen atoms in total. The van der Waals surface area contributed by atoms with Gasteiger partial charge < -0.3 is 5.43 Å². The maximum absolute atomic E-state index is 4.06. The maximum Gasteiger partial charge on any atom is 0.0675 e. The number of hydrogen-bond donors (Lipinski definition) is 1. The van der Waals surface area contributed by atoms with Gasteiger partial charge in [-0.15, -0.1) is 0 Å². The summed E-state index contributed by atoms with van der Waals surface area (Å²) >= 11 is 0. The molecule has 0 spiro atoms. The lowest BCUT2D eigenvalue weighted by molar-refractivity contribution is 0.489. The number of hydrazone groups is 1. The molecule has 0 aromatic heterocycles. The zero-order valence-electron chi connectivity index (χ0n) is 10.1. The molecule has 2 heteroatoms. The molecule has 1 aliphatic heterocycles. The quantitative estimate of drug-likeness (QED) is 0.613. The van der Waals surface area contributed by atoms with E-state index in [9.17, 15) is 0 Å². The standard InChI is InChI=1S/C7H12N2.2C2H6/c1-6-4-5-7(2,3)9-8-6;2*1-2/h4-5,9H,1-3H3;2*1-2H3. The van der Waals surface area contributed by atoms with Gasteiger partial charge in [0.25, 0.3) is 0 Å². The van der Waals surface area contributed by atoms with Crippen molar-refractivity contribution in [3.8, 4) is 0 Å². The Balaban J connectivity index is 0. The second kappa shape index (κ2) is 7.84. The number of hydrogen-bond acceptors (Lipinski definition) is 2. The summed E-state index contributed by atoms with van der Waals surface area (Å²) < 4.78 is 0. The van der Waals surface area contributed by atoms with Gasteiger partial charge >= 0.3 is 0 Å². The van der Waals surface area contributed by atoms with Crippen LogP contribution in [0.25, 0.3) is 0 Å². The van der Waals surface area contributed by atoms with Gasteiger partial charge in [-0.1, -0.05) is 33.8 Å². The Morgan fingerprint density at radius 1 is 1.15 bits per heavy atom. The molecule has 0 amide bonds. The highest BCUT2D eigenvalue weighted by Crippen LogP contribution is 2.07. The number of allylic oxidation sites excluding steroid dienone is 1. The molecule has 0 unspecified atom stereocenters. The van der Waals surface area contributed by atoms with Crippen molar-refractivity contribution in [1.82, 2.24) is 5.43 Å². The lowest BCUT2D eigenvalue weighted by Gasteiger charge is -2.22. The van der Waals surface area contributed by atoms with Gasteiger partial charge in [0, 0.05) is 0 Å². The van der Waals surface area contributed by atoms with Crippen LogP contribution >= 0.6 is 0 Å². The van der Waals surface area contributed by atoms with Crippen LogP contribution in [0.5, 0.6) is 0 Å². The lowest BCUT2D eigenvalue weighted by atomic mass is 10.0. The summed E-state index contributed by atoms with van der Waals surface area (Å²) in [7, 11) is 0. The third-order valence-corrected chi connectivity index (χ3v) is 1.26. The van der Waals surface area contributed by atoms with E-state index < -0.39 is 0 Å². The van der Waals surface area contributed by atoms with E-state index in [1.54, 1.807) is 0 Å². The van der Waals surface area contributed by atoms with Crippen LogP contribution in [0.1, 0.15) is 48.5 Å². The molecule has 1 heterocycles. The van der Waals surface area contributed by atoms with E-state index in [0.29, 0.717) is 0 Å². The Bertz CT molecular complexity index is 167. The molecule has 0 bridgehead atoms. The van der Waals surface area contributed by atoms with E-state index in [-0.39, 0.29) is 5.54 Å². The van der Waals surface area contributed by atoms with Crippen LogP contribution in [0.3, 0.4) is 0 Å². The van der Waals surface area contributed by atoms with Crippen molar-refractivity contribution < 1.29 is 0 Å². The van der Waals surface area contributed by atoms with E-state index in [4.69, 9.17) is 0 Å². The second-order valence-corrected chi connectivity index (χ2v) is 2.92. The average Bonchev–Trinajstić information content (AvgIpc) is 2.17. The summed E-state index contributed by atoms with van der Waals surface area (Å²) in [5, 5.41) is 4.06. The molecule has 0 aliphatic carbocycles. The highest BCUT2D eigenvalue weighted by atomic mass is 15.3. The Labute approximate surface area is 83.1 Å². The van der Waals surface area contributed by atoms with Crippen molar-refractivity contribution in [3.63, 3.8) is 0 Å². The SMILES string of the molecule is CC.CC.CC1=NNC(C)(C)C=C1. The summed E-state index contributed by atoms with van der Waals surface area (Å²) in [6, 6.07) is 0. The molecule has 0 radical (unpaired) electrons. The van der Waals surface area contributed by atoms with E-state index >= 15 is 0 Å². The predicted octanol–water partition coefficient (Wildman–Crippen LogP) is 3.35. The van der Waals surface area contributed by atoms with E-state index in [1.165, 1.54) is 0 Å². The second-order valence-electron chi connectivity index (χ2n) is 2.92. The molecule has 0 fully saturated rings. The van der Waals surface area contributed by atoms with Crippen LogP contribution in [0.4, 0.5) is 0 Å². The Hall–Kier alpha value is -0.790. The largest absolute Gasteiger partial charge is 0.300 e. The van der Waals surface area contributed by atoms with Gasteiger partial charge in [0.05, 0.1) is 11.3 Å². The molecule has 78 valence electrons. The summed E-state index contributed by atoms with van der Waals surface area (Å²) in [5.74, 6) is 0. The molecule has 13 heavy (non-hydrogen) atoms. The molecular weight excluding hydrogens is 160 g/mol. The first kappa shape index (κ1) is 14.7. The average molecular weight is 184 g/mol. The van der Waals surface area contributed by atoms with Crippen molar-refractivity contribution in [1.29, 1.82) is 0 Å². The molecular formula is C11H24N2. The first-order valence-corrected chi connectivity index (χ1v) is 5.11. The Morgan fingerprint density at radius 3 is 1.85 bits per heavy atom. The van der Waals surface area contributed by atoms with Gasteiger partial charge in [-0.05, 0) is 26.8 Å². The van der Waals surface area contributed by atoms with Gasteiger partial charge in [0.15, 0.2) is 0 Å². The first-order chi connectivity index (χ1) is 6.10. The fourth-order valence-electron chi connectivity index (χ4n) is 0.636. The summed E-state index contributed by atoms with van der Waals surface area (Å²) in [4.78, 5) is 0. The van der Waals surface area contributed by atoms with E-state index in [1.807, 2.05) is 40.7 Å². The van der Waals surface area contributed by atoms with Gasteiger partial charge in [0.2, 0.25) is 0 Å². The zero-order valence-corrected chi connectivity index (χ0v) is 10.1. The number of rotatable bonds is 0. The van der Waals surface area contributed by atoms with Gasteiger partial charge in [0.1, 0.15) is 0 Å². The molecule has 1 rings (SSSR count). The molecule has 0 saturated carbocycles. The van der Waals surface area contributed by atoms with Crippen molar-refractivity contribution >= 4 is 5.71 Å². The van der Waals surface area contributed by atoms with Gasteiger partial charge in [-0.2, -0.15) is 5.10 Å². The normalized spacial score (nSPS) is 16.7. The number of nitrogens with one attached hydrogen (secondary N) is 1. The van der Waals surface area contributed by atoms with Crippen LogP contribution in [0, 0.1) is 0 Å². The minimum absolute atomic E-state index is 0.0412. The third-order valence-electron chi connectivity index (χ3n) is 1.26. The fraction of sp³-hybridized carbons (Fsp3) is 0.727. The highest BCUT2D eigenvalue weighted by Gasteiger charge is 2.13. The zero-order chi connectivity index (χ0) is 10.9. The summed E-state index contributed by atoms with van der Waals surface area (Å²) in [6.45, 7) is 14.1. The van der Waals surface area contributed by atoms with Crippen molar-refractivity contribution in [2.45, 2.75) is 54.0 Å². The van der Waals surface area contributed by atoms with Crippen LogP contribution in [-0.2, 0) is 0 Å². The predicted molar refractivity (Wildman–Crippen MR) is 62.2 cm³/mol. The summed E-state index contributed by atoms with van der Waals surface area (Å²) in [5.41, 5.74) is 4.09. The molecule has 1 N–H and O–H groups in total. The monoisotopic (exact) mass is 184 g/mol. The van der Waals surface area contributed by atoms with Crippen LogP contribution in [0.2, 0.25) is 0 Å². The molecule has 0 atom stereocenters.